The van der Waals surface area contributed by atoms with Crippen LogP contribution in [0, 0.1) is 0 Å². The van der Waals surface area contributed by atoms with Crippen LogP contribution in [0.1, 0.15) is 26.7 Å². The summed E-state index contributed by atoms with van der Waals surface area (Å²) in [5, 5.41) is 0. The summed E-state index contributed by atoms with van der Waals surface area (Å²) >= 11 is 5.81. The molecule has 0 saturated carbocycles. The number of hydrogen-bond donors (Lipinski definition) is 0. The van der Waals surface area contributed by atoms with Gasteiger partial charge in [-0.25, -0.2) is 9.97 Å². The lowest BCUT2D eigenvalue weighted by Gasteiger charge is -2.22. The van der Waals surface area contributed by atoms with Crippen molar-refractivity contribution in [3.05, 3.63) is 12.4 Å². The normalized spacial score (nSPS) is 10.3. The minimum Gasteiger partial charge on any atom is -0.478 e. The van der Waals surface area contributed by atoms with E-state index in [2.05, 4.69) is 21.8 Å². The molecule has 0 N–H and O–H groups in total. The Bertz CT molecular complexity index is 322. The van der Waals surface area contributed by atoms with Crippen LogP contribution in [0.2, 0.25) is 0 Å². The molecule has 1 aromatic rings. The first-order chi connectivity index (χ1) is 8.31. The average molecular weight is 258 g/mol. The van der Waals surface area contributed by atoms with Crippen LogP contribution in [0.3, 0.4) is 0 Å². The molecule has 1 aromatic heterocycles. The van der Waals surface area contributed by atoms with Gasteiger partial charge in [-0.15, -0.1) is 11.6 Å². The highest BCUT2D eigenvalue weighted by Gasteiger charge is 2.08. The van der Waals surface area contributed by atoms with Gasteiger partial charge in [0.25, 0.3) is 0 Å². The Morgan fingerprint density at radius 2 is 2.12 bits per heavy atom. The van der Waals surface area contributed by atoms with E-state index in [9.17, 15) is 0 Å². The number of ether oxygens (including phenoxy) is 1. The average Bonchev–Trinajstić information content (AvgIpc) is 2.35. The number of anilines is 1. The zero-order valence-corrected chi connectivity index (χ0v) is 11.3. The fraction of sp³-hybridized carbons (Fsp3) is 0.667. The highest BCUT2D eigenvalue weighted by atomic mass is 35.5. The monoisotopic (exact) mass is 257 g/mol. The van der Waals surface area contributed by atoms with Crippen LogP contribution in [0.4, 0.5) is 5.82 Å². The summed E-state index contributed by atoms with van der Waals surface area (Å²) in [5.74, 6) is 2.10. The van der Waals surface area contributed by atoms with Gasteiger partial charge in [0.15, 0.2) is 0 Å². The lowest BCUT2D eigenvalue weighted by Crippen LogP contribution is -2.27. The van der Waals surface area contributed by atoms with E-state index in [1.54, 1.807) is 0 Å². The molecule has 96 valence electrons. The van der Waals surface area contributed by atoms with Crippen LogP contribution in [0.25, 0.3) is 0 Å². The molecule has 0 spiro atoms. The van der Waals surface area contributed by atoms with Gasteiger partial charge in [-0.1, -0.05) is 13.3 Å². The van der Waals surface area contributed by atoms with Crippen molar-refractivity contribution >= 4 is 17.4 Å². The summed E-state index contributed by atoms with van der Waals surface area (Å²) in [7, 11) is 0. The van der Waals surface area contributed by atoms with Gasteiger partial charge in [0.1, 0.15) is 12.1 Å². The molecule has 4 nitrogen and oxygen atoms in total. The fourth-order valence-corrected chi connectivity index (χ4v) is 1.73. The zero-order chi connectivity index (χ0) is 12.5. The molecule has 0 atom stereocenters. The summed E-state index contributed by atoms with van der Waals surface area (Å²) in [4.78, 5) is 10.5. The molecule has 0 aromatic carbocycles. The third kappa shape index (κ3) is 4.77. The minimum absolute atomic E-state index is 0.595. The van der Waals surface area contributed by atoms with E-state index in [0.717, 1.165) is 31.7 Å². The second-order valence-electron chi connectivity index (χ2n) is 3.68. The summed E-state index contributed by atoms with van der Waals surface area (Å²) in [6.45, 7) is 6.48. The van der Waals surface area contributed by atoms with Gasteiger partial charge in [-0.3, -0.25) is 0 Å². The Morgan fingerprint density at radius 3 is 2.76 bits per heavy atom. The summed E-state index contributed by atoms with van der Waals surface area (Å²) in [5.41, 5.74) is 0. The fourth-order valence-electron chi connectivity index (χ4n) is 1.52. The smallest absolute Gasteiger partial charge is 0.218 e. The molecule has 17 heavy (non-hydrogen) atoms. The number of alkyl halides is 1. The molecule has 1 rings (SSSR count). The maximum Gasteiger partial charge on any atom is 0.218 e. The molecule has 0 unspecified atom stereocenters. The molecule has 0 aliphatic carbocycles. The van der Waals surface area contributed by atoms with E-state index in [4.69, 9.17) is 16.3 Å². The first kappa shape index (κ1) is 14.0. The van der Waals surface area contributed by atoms with Crippen LogP contribution in [-0.2, 0) is 0 Å². The third-order valence-electron chi connectivity index (χ3n) is 2.38. The molecule has 0 saturated heterocycles. The quantitative estimate of drug-likeness (QED) is 0.671. The Kier molecular flexibility index (Phi) is 6.70. The van der Waals surface area contributed by atoms with Crippen molar-refractivity contribution in [2.75, 3.05) is 30.5 Å². The molecule has 0 aliphatic heterocycles. The second kappa shape index (κ2) is 8.12. The SMILES string of the molecule is CCCCN(CCCl)c1cc(OCC)ncn1. The van der Waals surface area contributed by atoms with Crippen molar-refractivity contribution in [1.82, 2.24) is 9.97 Å². The lowest BCUT2D eigenvalue weighted by molar-refractivity contribution is 0.326. The third-order valence-corrected chi connectivity index (χ3v) is 2.55. The Morgan fingerprint density at radius 1 is 1.29 bits per heavy atom. The van der Waals surface area contributed by atoms with Crippen molar-refractivity contribution < 1.29 is 4.74 Å². The molecule has 0 radical (unpaired) electrons. The lowest BCUT2D eigenvalue weighted by atomic mass is 10.3. The van der Waals surface area contributed by atoms with E-state index in [-0.39, 0.29) is 0 Å². The number of hydrogen-bond acceptors (Lipinski definition) is 4. The van der Waals surface area contributed by atoms with Crippen molar-refractivity contribution in [3.8, 4) is 5.88 Å². The van der Waals surface area contributed by atoms with Gasteiger partial charge >= 0.3 is 0 Å². The van der Waals surface area contributed by atoms with Crippen LogP contribution in [-0.4, -0.2) is 35.5 Å². The Labute approximate surface area is 108 Å². The Hall–Kier alpha value is -1.03. The van der Waals surface area contributed by atoms with Crippen molar-refractivity contribution in [3.63, 3.8) is 0 Å². The van der Waals surface area contributed by atoms with E-state index in [1.807, 2.05) is 13.0 Å². The van der Waals surface area contributed by atoms with Gasteiger partial charge in [0.05, 0.1) is 6.61 Å². The van der Waals surface area contributed by atoms with Gasteiger partial charge in [-0.2, -0.15) is 0 Å². The highest BCUT2D eigenvalue weighted by molar-refractivity contribution is 6.18. The maximum absolute atomic E-state index is 5.81. The van der Waals surface area contributed by atoms with Crippen LogP contribution >= 0.6 is 11.6 Å². The van der Waals surface area contributed by atoms with Crippen molar-refractivity contribution in [2.24, 2.45) is 0 Å². The molecule has 0 fully saturated rings. The first-order valence-corrected chi connectivity index (χ1v) is 6.61. The molecule has 5 heteroatoms. The van der Waals surface area contributed by atoms with Gasteiger partial charge in [0.2, 0.25) is 5.88 Å². The van der Waals surface area contributed by atoms with Gasteiger partial charge in [-0.05, 0) is 13.3 Å². The molecular formula is C12H20ClN3O. The maximum atomic E-state index is 5.81. The van der Waals surface area contributed by atoms with Gasteiger partial charge in [0, 0.05) is 25.0 Å². The molecule has 0 amide bonds. The molecule has 0 bridgehead atoms. The van der Waals surface area contributed by atoms with E-state index in [1.165, 1.54) is 6.33 Å². The molecule has 1 heterocycles. The number of halogens is 1. The predicted octanol–water partition coefficient (Wildman–Crippen LogP) is 2.72. The Balaban J connectivity index is 2.73. The standard InChI is InChI=1S/C12H20ClN3O/c1-3-5-7-16(8-6-13)11-9-12(17-4-2)15-10-14-11/h9-10H,3-8H2,1-2H3. The van der Waals surface area contributed by atoms with Crippen LogP contribution in [0.5, 0.6) is 5.88 Å². The summed E-state index contributed by atoms with van der Waals surface area (Å²) < 4.78 is 5.37. The van der Waals surface area contributed by atoms with E-state index >= 15 is 0 Å². The van der Waals surface area contributed by atoms with Crippen LogP contribution < -0.4 is 9.64 Å². The van der Waals surface area contributed by atoms with E-state index < -0.39 is 0 Å². The van der Waals surface area contributed by atoms with Crippen LogP contribution in [0.15, 0.2) is 12.4 Å². The van der Waals surface area contributed by atoms with E-state index in [0.29, 0.717) is 18.4 Å². The largest absolute Gasteiger partial charge is 0.478 e. The number of unbranched alkanes of at least 4 members (excludes halogenated alkanes) is 1. The first-order valence-electron chi connectivity index (χ1n) is 6.07. The minimum atomic E-state index is 0.595. The molecule has 0 aliphatic rings. The number of aromatic nitrogens is 2. The summed E-state index contributed by atoms with van der Waals surface area (Å²) in [6.07, 6.45) is 3.82. The van der Waals surface area contributed by atoms with Crippen molar-refractivity contribution in [1.29, 1.82) is 0 Å². The topological polar surface area (TPSA) is 38.2 Å². The molecular weight excluding hydrogens is 238 g/mol. The highest BCUT2D eigenvalue weighted by Crippen LogP contribution is 2.16. The van der Waals surface area contributed by atoms with Crippen molar-refractivity contribution in [2.45, 2.75) is 26.7 Å². The number of nitrogens with zero attached hydrogens (tertiary/aromatic N) is 3. The number of rotatable bonds is 8. The predicted molar refractivity (Wildman–Crippen MR) is 71.0 cm³/mol. The van der Waals surface area contributed by atoms with Gasteiger partial charge < -0.3 is 9.64 Å². The zero-order valence-electron chi connectivity index (χ0n) is 10.5. The summed E-state index contributed by atoms with van der Waals surface area (Å²) in [6, 6.07) is 1.87. The second-order valence-corrected chi connectivity index (χ2v) is 4.06.